The summed E-state index contributed by atoms with van der Waals surface area (Å²) in [5.74, 6) is -2.61. The van der Waals surface area contributed by atoms with Crippen molar-refractivity contribution in [2.24, 2.45) is 17.8 Å². The smallest absolute Gasteiger partial charge is 0.313 e. The molecule has 4 aliphatic heterocycles. The van der Waals surface area contributed by atoms with Gasteiger partial charge in [0.2, 0.25) is 11.8 Å². The molecular weight excluding hydrogens is 472 g/mol. The molecule has 0 bridgehead atoms. The van der Waals surface area contributed by atoms with E-state index in [1.807, 2.05) is 65.8 Å². The molecule has 1 N–H and O–H groups in total. The van der Waals surface area contributed by atoms with Gasteiger partial charge in [-0.15, -0.1) is 0 Å². The second-order valence-corrected chi connectivity index (χ2v) is 12.4. The normalized spacial score (nSPS) is 36.1. The molecule has 0 aromatic carbocycles. The van der Waals surface area contributed by atoms with Crippen molar-refractivity contribution in [3.8, 4) is 0 Å². The summed E-state index contributed by atoms with van der Waals surface area (Å²) in [7, 11) is 0. The van der Waals surface area contributed by atoms with Gasteiger partial charge in [0.05, 0.1) is 25.2 Å². The van der Waals surface area contributed by atoms with E-state index in [1.54, 1.807) is 9.80 Å². The van der Waals surface area contributed by atoms with Crippen LogP contribution in [0.4, 0.5) is 0 Å². The topological polar surface area (TPSA) is 96.4 Å². The molecule has 2 amide bonds. The van der Waals surface area contributed by atoms with E-state index in [0.29, 0.717) is 26.0 Å². The third-order valence-electron chi connectivity index (χ3n) is 8.48. The number of aliphatic hydroxyl groups excluding tert-OH is 1. The van der Waals surface area contributed by atoms with Gasteiger partial charge < -0.3 is 24.4 Å². The number of cyclic esters (lactones) is 1. The van der Waals surface area contributed by atoms with Crippen LogP contribution >= 0.6 is 0 Å². The summed E-state index contributed by atoms with van der Waals surface area (Å²) < 4.78 is 12.7. The fraction of sp³-hybridized carbons (Fsp3) is 0.759. The number of likely N-dealkylation sites (tertiary alicyclic amines) is 1. The zero-order valence-electron chi connectivity index (χ0n) is 23.2. The molecular formula is C29H44N2O6. The van der Waals surface area contributed by atoms with Gasteiger partial charge >= 0.3 is 5.97 Å². The third kappa shape index (κ3) is 4.54. The van der Waals surface area contributed by atoms with E-state index in [4.69, 9.17) is 9.47 Å². The van der Waals surface area contributed by atoms with E-state index < -0.39 is 46.6 Å². The van der Waals surface area contributed by atoms with Crippen LogP contribution in [0.5, 0.6) is 0 Å². The van der Waals surface area contributed by atoms with Crippen molar-refractivity contribution in [2.75, 3.05) is 19.8 Å². The molecule has 8 nitrogen and oxygen atoms in total. The average Bonchev–Trinajstić information content (AvgIpc) is 3.18. The van der Waals surface area contributed by atoms with Gasteiger partial charge in [0.15, 0.2) is 0 Å². The number of fused-ring (bicyclic) bond motifs is 2. The van der Waals surface area contributed by atoms with Gasteiger partial charge in [0, 0.05) is 12.1 Å². The summed E-state index contributed by atoms with van der Waals surface area (Å²) in [5.41, 5.74) is -2.89. The number of ether oxygens (including phenoxy) is 2. The number of nitrogens with zero attached hydrogens (tertiary/aromatic N) is 2. The predicted molar refractivity (Wildman–Crippen MR) is 139 cm³/mol. The van der Waals surface area contributed by atoms with Crippen LogP contribution < -0.4 is 0 Å². The van der Waals surface area contributed by atoms with E-state index in [-0.39, 0.29) is 24.3 Å². The first-order valence-corrected chi connectivity index (χ1v) is 13.9. The van der Waals surface area contributed by atoms with Crippen LogP contribution in [0.25, 0.3) is 0 Å². The lowest BCUT2D eigenvalue weighted by molar-refractivity contribution is -0.164. The Hall–Kier alpha value is -2.19. The number of carbonyl (C=O) groups excluding carboxylic acids is 3. The minimum Gasteiger partial charge on any atom is -0.465 e. The lowest BCUT2D eigenvalue weighted by Gasteiger charge is -2.43. The largest absolute Gasteiger partial charge is 0.465 e. The van der Waals surface area contributed by atoms with E-state index in [0.717, 1.165) is 19.3 Å². The molecule has 8 heteroatoms. The number of hydrogen-bond acceptors (Lipinski definition) is 6. The van der Waals surface area contributed by atoms with Gasteiger partial charge in [-0.1, -0.05) is 45.1 Å². The molecule has 0 aromatic heterocycles. The van der Waals surface area contributed by atoms with E-state index in [9.17, 15) is 19.5 Å². The van der Waals surface area contributed by atoms with Gasteiger partial charge in [-0.05, 0) is 58.8 Å². The molecule has 6 atom stereocenters. The van der Waals surface area contributed by atoms with Gasteiger partial charge in [-0.3, -0.25) is 14.4 Å². The summed E-state index contributed by atoms with van der Waals surface area (Å²) >= 11 is 0. The Morgan fingerprint density at radius 2 is 1.81 bits per heavy atom. The number of aliphatic hydroxyl groups is 1. The molecule has 0 saturated carbocycles. The first kappa shape index (κ1) is 27.8. The molecule has 1 unspecified atom stereocenters. The maximum atomic E-state index is 14.5. The highest BCUT2D eigenvalue weighted by Gasteiger charge is 2.76. The molecule has 0 radical (unpaired) electrons. The van der Waals surface area contributed by atoms with Gasteiger partial charge in [0.1, 0.15) is 23.2 Å². The highest BCUT2D eigenvalue weighted by molar-refractivity contribution is 5.99. The maximum Gasteiger partial charge on any atom is 0.313 e. The number of allylic oxidation sites excluding steroid dienone is 1. The van der Waals surface area contributed by atoms with Crippen molar-refractivity contribution in [3.63, 3.8) is 0 Å². The van der Waals surface area contributed by atoms with Gasteiger partial charge in [0.25, 0.3) is 0 Å². The lowest BCUT2D eigenvalue weighted by Crippen LogP contribution is -2.61. The molecule has 4 rings (SSSR count). The summed E-state index contributed by atoms with van der Waals surface area (Å²) in [6.45, 7) is 12.3. The van der Waals surface area contributed by atoms with Crippen molar-refractivity contribution in [1.29, 1.82) is 0 Å². The predicted octanol–water partition coefficient (Wildman–Crippen LogP) is 3.23. The quantitative estimate of drug-likeness (QED) is 0.445. The Labute approximate surface area is 221 Å². The molecule has 0 aliphatic carbocycles. The van der Waals surface area contributed by atoms with Gasteiger partial charge in [-0.2, -0.15) is 0 Å². The molecule has 0 aromatic rings. The van der Waals surface area contributed by atoms with Crippen LogP contribution in [0.1, 0.15) is 73.6 Å². The Kier molecular flexibility index (Phi) is 7.65. The fourth-order valence-electron chi connectivity index (χ4n) is 6.79. The Morgan fingerprint density at radius 1 is 1.08 bits per heavy atom. The number of amides is 2. The number of carbonyl (C=O) groups is 3. The fourth-order valence-corrected chi connectivity index (χ4v) is 6.79. The standard InChI is InChI=1S/C29H44N2O6/c1-7-28-13-10-8-9-11-16-36-26(35)22(28)21-24(33)31(20(18-32)17-19(2)3)23-25(34)30(27(4,5)6)15-12-14-29(21,23)37-28/h10,12-14,19-23,32H,7-9,11,15-18H2,1-6H3/b13-10-/t20-,21+,22+,23?,28-,29+/m1/s1. The average molecular weight is 517 g/mol. The van der Waals surface area contributed by atoms with Crippen molar-refractivity contribution >= 4 is 17.8 Å². The Bertz CT molecular complexity index is 968. The lowest BCUT2D eigenvalue weighted by atomic mass is 9.73. The zero-order valence-corrected chi connectivity index (χ0v) is 23.2. The molecule has 4 heterocycles. The summed E-state index contributed by atoms with van der Waals surface area (Å²) in [6.07, 6.45) is 11.2. The molecule has 2 saturated heterocycles. The summed E-state index contributed by atoms with van der Waals surface area (Å²) in [5, 5.41) is 10.4. The first-order chi connectivity index (χ1) is 17.4. The molecule has 1 spiro atoms. The number of esters is 1. The highest BCUT2D eigenvalue weighted by Crippen LogP contribution is 2.58. The molecule has 4 aliphatic rings. The molecule has 2 fully saturated rings. The van der Waals surface area contributed by atoms with Crippen molar-refractivity contribution in [1.82, 2.24) is 9.80 Å². The summed E-state index contributed by atoms with van der Waals surface area (Å²) in [4.78, 5) is 45.8. The summed E-state index contributed by atoms with van der Waals surface area (Å²) in [6, 6.07) is -1.55. The SMILES string of the molecule is CC[C@@]12/C=C\CCCCOC(=O)[C@@H]1[C@H]1C(=O)N([C@@H](CO)CC(C)C)C3C(=O)N(C(C)(C)C)CC=C[C@@]31O2. The molecule has 37 heavy (non-hydrogen) atoms. The van der Waals surface area contributed by atoms with Crippen LogP contribution in [-0.2, 0) is 23.9 Å². The van der Waals surface area contributed by atoms with Crippen molar-refractivity contribution in [3.05, 3.63) is 24.3 Å². The Morgan fingerprint density at radius 3 is 2.43 bits per heavy atom. The van der Waals surface area contributed by atoms with Crippen molar-refractivity contribution < 1.29 is 29.0 Å². The zero-order chi connectivity index (χ0) is 27.2. The number of rotatable bonds is 5. The second-order valence-electron chi connectivity index (χ2n) is 12.4. The van der Waals surface area contributed by atoms with Crippen LogP contribution in [0, 0.1) is 17.8 Å². The van der Waals surface area contributed by atoms with E-state index in [1.165, 1.54) is 0 Å². The first-order valence-electron chi connectivity index (χ1n) is 13.9. The van der Waals surface area contributed by atoms with Crippen LogP contribution in [-0.4, -0.2) is 81.3 Å². The highest BCUT2D eigenvalue weighted by atomic mass is 16.6. The minimum absolute atomic E-state index is 0.189. The third-order valence-corrected chi connectivity index (χ3v) is 8.48. The molecule has 206 valence electrons. The Balaban J connectivity index is 1.93. The second kappa shape index (κ2) is 10.2. The van der Waals surface area contributed by atoms with E-state index >= 15 is 0 Å². The van der Waals surface area contributed by atoms with Gasteiger partial charge in [-0.25, -0.2) is 0 Å². The van der Waals surface area contributed by atoms with Crippen LogP contribution in [0.15, 0.2) is 24.3 Å². The monoisotopic (exact) mass is 516 g/mol. The van der Waals surface area contributed by atoms with Crippen molar-refractivity contribution in [2.45, 2.75) is 102 Å². The van der Waals surface area contributed by atoms with E-state index in [2.05, 4.69) is 0 Å². The minimum atomic E-state index is -1.34. The maximum absolute atomic E-state index is 14.5. The number of hydrogen-bond donors (Lipinski definition) is 1. The van der Waals surface area contributed by atoms with Crippen LogP contribution in [0.2, 0.25) is 0 Å². The van der Waals surface area contributed by atoms with Crippen LogP contribution in [0.3, 0.4) is 0 Å².